The zero-order valence-corrected chi connectivity index (χ0v) is 11.8. The largest absolute Gasteiger partial charge is 0.358 e. The number of amides is 1. The summed E-state index contributed by atoms with van der Waals surface area (Å²) in [6.45, 7) is 1.48. The number of likely N-dealkylation sites (N-methyl/N-ethyl adjacent to an activating group) is 1. The van der Waals surface area contributed by atoms with Gasteiger partial charge < -0.3 is 5.32 Å². The molecule has 0 aliphatic rings. The highest BCUT2D eigenvalue weighted by Gasteiger charge is 2.20. The molecule has 1 aromatic carbocycles. The fourth-order valence-corrected chi connectivity index (χ4v) is 2.65. The third kappa shape index (κ3) is 3.79. The van der Waals surface area contributed by atoms with Gasteiger partial charge in [0.1, 0.15) is 0 Å². The van der Waals surface area contributed by atoms with E-state index >= 15 is 0 Å². The molecule has 1 unspecified atom stereocenters. The first kappa shape index (κ1) is 14.1. The molecule has 0 bridgehead atoms. The van der Waals surface area contributed by atoms with Crippen LogP contribution in [-0.4, -0.2) is 27.4 Å². The van der Waals surface area contributed by atoms with E-state index in [9.17, 15) is 13.2 Å². The standard InChI is InChI=1S/C10H13BrN2O3S/c1-7(10(14)12-2)13-17(15,16)9-5-3-8(11)4-6-9/h3-7,13H,1-2H3,(H,12,14). The topological polar surface area (TPSA) is 75.3 Å². The summed E-state index contributed by atoms with van der Waals surface area (Å²) < 4.78 is 26.8. The van der Waals surface area contributed by atoms with E-state index in [1.165, 1.54) is 26.1 Å². The SMILES string of the molecule is CNC(=O)C(C)NS(=O)(=O)c1ccc(Br)cc1. The molecule has 1 rings (SSSR count). The van der Waals surface area contributed by atoms with Crippen LogP contribution in [0.4, 0.5) is 0 Å². The van der Waals surface area contributed by atoms with Gasteiger partial charge >= 0.3 is 0 Å². The lowest BCUT2D eigenvalue weighted by Gasteiger charge is -2.12. The first-order chi connectivity index (χ1) is 7.86. The van der Waals surface area contributed by atoms with Crippen molar-refractivity contribution in [2.24, 2.45) is 0 Å². The van der Waals surface area contributed by atoms with Crippen LogP contribution in [0.1, 0.15) is 6.92 Å². The number of carbonyl (C=O) groups is 1. The first-order valence-corrected chi connectivity index (χ1v) is 7.14. The highest BCUT2D eigenvalue weighted by atomic mass is 79.9. The molecule has 0 heterocycles. The van der Waals surface area contributed by atoms with E-state index in [2.05, 4.69) is 26.0 Å². The summed E-state index contributed by atoms with van der Waals surface area (Å²) in [5.41, 5.74) is 0. The Morgan fingerprint density at radius 3 is 2.29 bits per heavy atom. The van der Waals surface area contributed by atoms with Crippen LogP contribution in [-0.2, 0) is 14.8 Å². The maximum Gasteiger partial charge on any atom is 0.241 e. The lowest BCUT2D eigenvalue weighted by atomic mass is 10.3. The molecule has 2 N–H and O–H groups in total. The molecule has 1 amide bonds. The molecule has 7 heteroatoms. The fourth-order valence-electron chi connectivity index (χ4n) is 1.18. The van der Waals surface area contributed by atoms with Gasteiger partial charge in [-0.2, -0.15) is 4.72 Å². The number of rotatable bonds is 4. The number of carbonyl (C=O) groups excluding carboxylic acids is 1. The zero-order chi connectivity index (χ0) is 13.1. The van der Waals surface area contributed by atoms with Crippen LogP contribution in [0.15, 0.2) is 33.6 Å². The molecule has 5 nitrogen and oxygen atoms in total. The van der Waals surface area contributed by atoms with Crippen molar-refractivity contribution in [3.8, 4) is 0 Å². The second-order valence-electron chi connectivity index (χ2n) is 3.41. The molecule has 0 saturated heterocycles. The number of benzene rings is 1. The van der Waals surface area contributed by atoms with Gasteiger partial charge in [0.2, 0.25) is 15.9 Å². The van der Waals surface area contributed by atoms with Gasteiger partial charge in [-0.25, -0.2) is 8.42 Å². The Hall–Kier alpha value is -0.920. The lowest BCUT2D eigenvalue weighted by molar-refractivity contribution is -0.121. The average molecular weight is 321 g/mol. The highest BCUT2D eigenvalue weighted by Crippen LogP contribution is 2.14. The van der Waals surface area contributed by atoms with Gasteiger partial charge in [0, 0.05) is 11.5 Å². The van der Waals surface area contributed by atoms with E-state index < -0.39 is 16.1 Å². The quantitative estimate of drug-likeness (QED) is 0.864. The van der Waals surface area contributed by atoms with E-state index in [1.54, 1.807) is 12.1 Å². The van der Waals surface area contributed by atoms with Crippen LogP contribution in [0.5, 0.6) is 0 Å². The van der Waals surface area contributed by atoms with Gasteiger partial charge in [-0.05, 0) is 31.2 Å². The lowest BCUT2D eigenvalue weighted by Crippen LogP contribution is -2.43. The maximum atomic E-state index is 11.9. The van der Waals surface area contributed by atoms with Gasteiger partial charge in [0.05, 0.1) is 10.9 Å². The molecule has 94 valence electrons. The molecule has 0 aliphatic carbocycles. The first-order valence-electron chi connectivity index (χ1n) is 4.86. The van der Waals surface area contributed by atoms with E-state index in [-0.39, 0.29) is 10.8 Å². The Morgan fingerprint density at radius 2 is 1.82 bits per heavy atom. The summed E-state index contributed by atoms with van der Waals surface area (Å²) in [6, 6.07) is 5.36. The number of hydrogen-bond donors (Lipinski definition) is 2. The van der Waals surface area contributed by atoms with Crippen LogP contribution in [0.2, 0.25) is 0 Å². The van der Waals surface area contributed by atoms with Crippen molar-refractivity contribution in [1.29, 1.82) is 0 Å². The van der Waals surface area contributed by atoms with Crippen molar-refractivity contribution in [1.82, 2.24) is 10.0 Å². The Labute approximate surface area is 109 Å². The summed E-state index contributed by atoms with van der Waals surface area (Å²) >= 11 is 3.22. The van der Waals surface area contributed by atoms with Crippen molar-refractivity contribution in [2.45, 2.75) is 17.9 Å². The maximum absolute atomic E-state index is 11.9. The van der Waals surface area contributed by atoms with Crippen molar-refractivity contribution < 1.29 is 13.2 Å². The summed E-state index contributed by atoms with van der Waals surface area (Å²) in [6.07, 6.45) is 0. The number of hydrogen-bond acceptors (Lipinski definition) is 3. The second-order valence-corrected chi connectivity index (χ2v) is 6.04. The molecule has 17 heavy (non-hydrogen) atoms. The number of nitrogens with one attached hydrogen (secondary N) is 2. The Morgan fingerprint density at radius 1 is 1.29 bits per heavy atom. The third-order valence-corrected chi connectivity index (χ3v) is 4.18. The summed E-state index contributed by atoms with van der Waals surface area (Å²) in [4.78, 5) is 11.4. The minimum Gasteiger partial charge on any atom is -0.358 e. The molecular formula is C10H13BrN2O3S. The minimum atomic E-state index is -3.66. The molecule has 1 aromatic rings. The van der Waals surface area contributed by atoms with Crippen LogP contribution in [0.25, 0.3) is 0 Å². The molecule has 1 atom stereocenters. The van der Waals surface area contributed by atoms with Crippen molar-refractivity contribution >= 4 is 31.9 Å². The van der Waals surface area contributed by atoms with Gasteiger partial charge in [-0.3, -0.25) is 4.79 Å². The van der Waals surface area contributed by atoms with Crippen LogP contribution < -0.4 is 10.0 Å². The van der Waals surface area contributed by atoms with E-state index in [1.807, 2.05) is 0 Å². The van der Waals surface area contributed by atoms with Crippen molar-refractivity contribution in [3.63, 3.8) is 0 Å². The van der Waals surface area contributed by atoms with E-state index in [0.717, 1.165) is 4.47 Å². The van der Waals surface area contributed by atoms with Crippen molar-refractivity contribution in [3.05, 3.63) is 28.7 Å². The molecule has 0 spiro atoms. The predicted octanol–water partition coefficient (Wildman–Crippen LogP) is 0.862. The summed E-state index contributed by atoms with van der Waals surface area (Å²) in [5, 5.41) is 2.37. The second kappa shape index (κ2) is 5.61. The van der Waals surface area contributed by atoms with Gasteiger partial charge in [-0.15, -0.1) is 0 Å². The normalized spacial score (nSPS) is 13.1. The summed E-state index contributed by atoms with van der Waals surface area (Å²) in [7, 11) is -2.21. The van der Waals surface area contributed by atoms with Crippen LogP contribution >= 0.6 is 15.9 Å². The van der Waals surface area contributed by atoms with Gasteiger partial charge in [0.15, 0.2) is 0 Å². The minimum absolute atomic E-state index is 0.122. The van der Waals surface area contributed by atoms with Crippen molar-refractivity contribution in [2.75, 3.05) is 7.05 Å². The molecule has 0 radical (unpaired) electrons. The zero-order valence-electron chi connectivity index (χ0n) is 9.40. The number of sulfonamides is 1. The van der Waals surface area contributed by atoms with Gasteiger partial charge in [-0.1, -0.05) is 15.9 Å². The monoisotopic (exact) mass is 320 g/mol. The average Bonchev–Trinajstić information content (AvgIpc) is 2.27. The highest BCUT2D eigenvalue weighted by molar-refractivity contribution is 9.10. The Balaban J connectivity index is 2.89. The third-order valence-electron chi connectivity index (χ3n) is 2.10. The van der Waals surface area contributed by atoms with E-state index in [0.29, 0.717) is 0 Å². The fraction of sp³-hybridized carbons (Fsp3) is 0.300. The molecule has 0 saturated carbocycles. The molecule has 0 aromatic heterocycles. The Bertz CT molecular complexity index is 499. The van der Waals surface area contributed by atoms with Crippen LogP contribution in [0.3, 0.4) is 0 Å². The van der Waals surface area contributed by atoms with E-state index in [4.69, 9.17) is 0 Å². The van der Waals surface area contributed by atoms with Crippen LogP contribution in [0, 0.1) is 0 Å². The summed E-state index contributed by atoms with van der Waals surface area (Å²) in [5.74, 6) is -0.384. The molecular weight excluding hydrogens is 308 g/mol. The number of halogens is 1. The molecule has 0 fully saturated rings. The van der Waals surface area contributed by atoms with Gasteiger partial charge in [0.25, 0.3) is 0 Å². The molecule has 0 aliphatic heterocycles. The Kier molecular flexibility index (Phi) is 4.67. The smallest absolute Gasteiger partial charge is 0.241 e. The predicted molar refractivity (Wildman–Crippen MR) is 68.0 cm³/mol.